The molecule has 0 N–H and O–H groups in total. The van der Waals surface area contributed by atoms with E-state index in [0.717, 1.165) is 12.8 Å². The zero-order valence-electron chi connectivity index (χ0n) is 39.0. The first-order valence-electron chi connectivity index (χ1n) is 23.2. The van der Waals surface area contributed by atoms with E-state index in [1.54, 1.807) is 13.8 Å². The second-order valence-electron chi connectivity index (χ2n) is 19.6. The minimum Gasteiger partial charge on any atom is -0.372 e. The van der Waals surface area contributed by atoms with Gasteiger partial charge >= 0.3 is 0 Å². The van der Waals surface area contributed by atoms with Crippen LogP contribution in [0.2, 0.25) is 0 Å². The number of rotatable bonds is 13. The number of Topliss-reactive ketones (excluding diaryl/α,β-unsaturated/α-hetero) is 2. The number of hydrogen-bond acceptors (Lipinski definition) is 11. The second kappa shape index (κ2) is 20.0. The molecule has 5 aliphatic heterocycles. The second-order valence-corrected chi connectivity index (χ2v) is 19.6. The van der Waals surface area contributed by atoms with Crippen molar-refractivity contribution in [3.8, 4) is 0 Å². The molecule has 5 saturated heterocycles. The fourth-order valence-electron chi connectivity index (χ4n) is 10.5. The van der Waals surface area contributed by atoms with Crippen molar-refractivity contribution in [3.63, 3.8) is 0 Å². The molecule has 0 aromatic rings. The molecular formula is C47H82O11. The van der Waals surface area contributed by atoms with Crippen LogP contribution in [0, 0.1) is 65.1 Å². The summed E-state index contributed by atoms with van der Waals surface area (Å²) in [7, 11) is 0. The van der Waals surface area contributed by atoms with Gasteiger partial charge in [-0.05, 0) is 81.5 Å². The number of ketones is 2. The average molecular weight is 823 g/mol. The lowest BCUT2D eigenvalue weighted by molar-refractivity contribution is -0.357. The minimum atomic E-state index is -0.800. The molecule has 0 aromatic carbocycles. The fourth-order valence-corrected chi connectivity index (χ4v) is 10.5. The highest BCUT2D eigenvalue weighted by atomic mass is 16.7. The standard InChI is InChI=1S/C47H82O11/c1-18-35-23(6)21(4)28(11)44(51-35)55-40-26(9)31(14)47(58-42(40)32(15)48)54-39-25(8)29(12)45(52-37(39)20-3)56-41-27(10)30(13)46(57-43(41)33(16)49)53-38-24(7)22(5)34(17)50-36(38)19-2/h21-31,34-47H,18-20H2,1-17H3/t21-,22+,23+,24?,25?,26+,27-,28?,29+,30?,31?,34?,35?,36?,37?,38+,39+,40+,41+,42?,43?,44-,45-,46+,47+/m0/s1. The van der Waals surface area contributed by atoms with Crippen LogP contribution in [-0.2, 0) is 52.2 Å². The summed E-state index contributed by atoms with van der Waals surface area (Å²) < 4.78 is 60.2. The smallest absolute Gasteiger partial charge is 0.162 e. The molecule has 336 valence electrons. The lowest BCUT2D eigenvalue weighted by Crippen LogP contribution is -2.60. The molecule has 5 fully saturated rings. The molecule has 0 aliphatic carbocycles. The predicted octanol–water partition coefficient (Wildman–Crippen LogP) is 8.62. The molecule has 11 heteroatoms. The SMILES string of the molecule is CCC1OC(C)[C@H](C)C(C)[C@H]1O[C@@H]1OC(C(C)=O)[C@H](O[C@@H]2OC(CC)[C@H](O[C@@H]3OC(C(C)=O)[C@H](O[C@@H]4OC(CC)[C@H](C)[C@H](C)C4C)[C@H](C)C3C)C(C)[C@H]2C)[C@@H](C)C1C. The fraction of sp³-hybridized carbons (Fsp3) is 0.957. The van der Waals surface area contributed by atoms with Crippen LogP contribution in [0.15, 0.2) is 0 Å². The third kappa shape index (κ3) is 9.63. The van der Waals surface area contributed by atoms with Crippen molar-refractivity contribution in [2.45, 2.75) is 223 Å². The van der Waals surface area contributed by atoms with E-state index in [0.29, 0.717) is 24.2 Å². The molecule has 5 rings (SSSR count). The third-order valence-electron chi connectivity index (χ3n) is 16.2. The summed E-state index contributed by atoms with van der Waals surface area (Å²) in [5, 5.41) is 0. The van der Waals surface area contributed by atoms with Crippen LogP contribution in [0.4, 0.5) is 0 Å². The summed E-state index contributed by atoms with van der Waals surface area (Å²) in [5.41, 5.74) is 0. The lowest BCUT2D eigenvalue weighted by atomic mass is 9.78. The molecule has 0 amide bonds. The van der Waals surface area contributed by atoms with Gasteiger partial charge in [0.2, 0.25) is 0 Å². The van der Waals surface area contributed by atoms with E-state index in [9.17, 15) is 9.59 Å². The van der Waals surface area contributed by atoms with Gasteiger partial charge in [0.1, 0.15) is 12.2 Å². The van der Waals surface area contributed by atoms with Gasteiger partial charge in [0.05, 0.1) is 48.8 Å². The summed E-state index contributed by atoms with van der Waals surface area (Å²) in [6.07, 6.45) is -2.84. The first-order valence-corrected chi connectivity index (χ1v) is 23.2. The Kier molecular flexibility index (Phi) is 16.6. The highest BCUT2D eigenvalue weighted by Crippen LogP contribution is 2.45. The van der Waals surface area contributed by atoms with Crippen molar-refractivity contribution in [1.82, 2.24) is 0 Å². The van der Waals surface area contributed by atoms with E-state index >= 15 is 0 Å². The Bertz CT molecular complexity index is 1340. The van der Waals surface area contributed by atoms with Crippen molar-refractivity contribution < 1.29 is 52.2 Å². The zero-order chi connectivity index (χ0) is 43.1. The van der Waals surface area contributed by atoms with Crippen molar-refractivity contribution in [3.05, 3.63) is 0 Å². The van der Waals surface area contributed by atoms with Crippen molar-refractivity contribution in [1.29, 1.82) is 0 Å². The van der Waals surface area contributed by atoms with Crippen LogP contribution < -0.4 is 0 Å². The van der Waals surface area contributed by atoms with E-state index < -0.39 is 49.6 Å². The summed E-state index contributed by atoms with van der Waals surface area (Å²) in [6.45, 7) is 35.6. The van der Waals surface area contributed by atoms with Crippen molar-refractivity contribution in [2.75, 3.05) is 0 Å². The first-order chi connectivity index (χ1) is 27.3. The summed E-state index contributed by atoms with van der Waals surface area (Å²) in [4.78, 5) is 26.5. The van der Waals surface area contributed by atoms with E-state index in [-0.39, 0.29) is 95.5 Å². The molecule has 11 unspecified atom stereocenters. The molecule has 0 radical (unpaired) electrons. The Morgan fingerprint density at radius 1 is 0.362 bits per heavy atom. The van der Waals surface area contributed by atoms with Crippen LogP contribution in [-0.4, -0.2) is 97.8 Å². The minimum absolute atomic E-state index is 0.0118. The van der Waals surface area contributed by atoms with Gasteiger partial charge in [-0.2, -0.15) is 0 Å². The normalized spacial score (nSPS) is 51.6. The average Bonchev–Trinajstić information content (AvgIpc) is 3.19. The van der Waals surface area contributed by atoms with Crippen LogP contribution in [0.3, 0.4) is 0 Å². The van der Waals surface area contributed by atoms with Gasteiger partial charge in [-0.25, -0.2) is 0 Å². The quantitative estimate of drug-likeness (QED) is 0.178. The molecular weight excluding hydrogens is 741 g/mol. The maximum Gasteiger partial charge on any atom is 0.162 e. The van der Waals surface area contributed by atoms with E-state index in [1.165, 1.54) is 0 Å². The van der Waals surface area contributed by atoms with Gasteiger partial charge in [-0.3, -0.25) is 9.59 Å². The van der Waals surface area contributed by atoms with E-state index in [4.69, 9.17) is 42.6 Å². The largest absolute Gasteiger partial charge is 0.372 e. The Morgan fingerprint density at radius 2 is 0.672 bits per heavy atom. The maximum absolute atomic E-state index is 13.3. The summed E-state index contributed by atoms with van der Waals surface area (Å²) in [5.74, 6) is 1.19. The van der Waals surface area contributed by atoms with Crippen LogP contribution >= 0.6 is 0 Å². The molecule has 58 heavy (non-hydrogen) atoms. The van der Waals surface area contributed by atoms with Crippen molar-refractivity contribution in [2.24, 2.45) is 65.1 Å². The molecule has 5 aliphatic rings. The molecule has 5 heterocycles. The number of ether oxygens (including phenoxy) is 9. The zero-order valence-corrected chi connectivity index (χ0v) is 39.0. The Morgan fingerprint density at radius 3 is 1.07 bits per heavy atom. The molecule has 0 saturated carbocycles. The van der Waals surface area contributed by atoms with Gasteiger partial charge in [0.25, 0.3) is 0 Å². The number of hydrogen-bond donors (Lipinski definition) is 0. The molecule has 0 aromatic heterocycles. The van der Waals surface area contributed by atoms with Gasteiger partial charge in [0, 0.05) is 23.7 Å². The van der Waals surface area contributed by atoms with Crippen molar-refractivity contribution >= 4 is 11.6 Å². The van der Waals surface area contributed by atoms with Gasteiger partial charge in [-0.15, -0.1) is 0 Å². The Hall–Kier alpha value is -1.02. The first kappa shape index (κ1) is 48.0. The van der Waals surface area contributed by atoms with Gasteiger partial charge < -0.3 is 42.6 Å². The highest BCUT2D eigenvalue weighted by molar-refractivity contribution is 5.81. The maximum atomic E-state index is 13.3. The topological polar surface area (TPSA) is 117 Å². The molecule has 0 spiro atoms. The van der Waals surface area contributed by atoms with E-state index in [2.05, 4.69) is 104 Å². The monoisotopic (exact) mass is 823 g/mol. The summed E-state index contributed by atoms with van der Waals surface area (Å²) >= 11 is 0. The van der Waals surface area contributed by atoms with Gasteiger partial charge in [-0.1, -0.05) is 96.9 Å². The predicted molar refractivity (Wildman–Crippen MR) is 222 cm³/mol. The van der Waals surface area contributed by atoms with Gasteiger partial charge in [0.15, 0.2) is 36.7 Å². The van der Waals surface area contributed by atoms with E-state index in [1.807, 2.05) is 0 Å². The summed E-state index contributed by atoms with van der Waals surface area (Å²) in [6, 6.07) is 0. The lowest BCUT2D eigenvalue weighted by Gasteiger charge is -2.52. The molecule has 25 atom stereocenters. The molecule has 11 nitrogen and oxygen atoms in total. The van der Waals surface area contributed by atoms with Crippen LogP contribution in [0.1, 0.15) is 137 Å². The Labute approximate surface area is 351 Å². The van der Waals surface area contributed by atoms with Crippen LogP contribution in [0.5, 0.6) is 0 Å². The number of carbonyl (C=O) groups excluding carboxylic acids is 2. The Balaban J connectivity index is 1.26. The molecule has 0 bridgehead atoms. The number of carbonyl (C=O) groups is 2. The highest BCUT2D eigenvalue weighted by Gasteiger charge is 2.53. The third-order valence-corrected chi connectivity index (χ3v) is 16.2. The van der Waals surface area contributed by atoms with Crippen LogP contribution in [0.25, 0.3) is 0 Å².